The average molecular weight is 358 g/mol. The number of halogens is 1. The Morgan fingerprint density at radius 2 is 1.77 bits per heavy atom. The van der Waals surface area contributed by atoms with Crippen LogP contribution in [0.1, 0.15) is 44.6 Å². The Kier molecular flexibility index (Phi) is 4.29. The van der Waals surface area contributed by atoms with Gasteiger partial charge in [-0.3, -0.25) is 19.3 Å². The third-order valence-electron chi connectivity index (χ3n) is 6.07. The molecule has 3 aliphatic rings. The quantitative estimate of drug-likeness (QED) is 0.764. The molecule has 3 atom stereocenters. The molecule has 1 saturated heterocycles. The zero-order valence-electron chi connectivity index (χ0n) is 14.9. The maximum atomic E-state index is 13.5. The monoisotopic (exact) mass is 358 g/mol. The van der Waals surface area contributed by atoms with Gasteiger partial charge in [-0.2, -0.15) is 0 Å². The van der Waals surface area contributed by atoms with Crippen LogP contribution >= 0.6 is 0 Å². The first kappa shape index (κ1) is 17.2. The van der Waals surface area contributed by atoms with E-state index in [1.54, 1.807) is 11.0 Å². The van der Waals surface area contributed by atoms with Crippen molar-refractivity contribution in [3.63, 3.8) is 0 Å². The molecule has 1 aromatic carbocycles. The van der Waals surface area contributed by atoms with Crippen LogP contribution in [0.4, 0.5) is 10.1 Å². The van der Waals surface area contributed by atoms with Gasteiger partial charge in [-0.05, 0) is 56.4 Å². The highest BCUT2D eigenvalue weighted by atomic mass is 19.1. The fourth-order valence-corrected chi connectivity index (χ4v) is 4.70. The maximum absolute atomic E-state index is 13.5. The number of carbonyl (C=O) groups excluding carboxylic acids is 3. The SMILES string of the molecule is C[C@@H]1CCc2cc(F)ccc2N1C(=O)CN1C(=O)[C@@H]2CCCC[C@H]2C1=O. The van der Waals surface area contributed by atoms with Gasteiger partial charge in [0.25, 0.3) is 0 Å². The normalized spacial score (nSPS) is 28.2. The van der Waals surface area contributed by atoms with Crippen LogP contribution in [-0.4, -0.2) is 35.2 Å². The highest BCUT2D eigenvalue weighted by Gasteiger charge is 2.49. The van der Waals surface area contributed by atoms with Crippen LogP contribution in [0.25, 0.3) is 0 Å². The second-order valence-corrected chi connectivity index (χ2v) is 7.68. The van der Waals surface area contributed by atoms with Gasteiger partial charge in [-0.1, -0.05) is 12.8 Å². The molecule has 5 nitrogen and oxygen atoms in total. The van der Waals surface area contributed by atoms with Gasteiger partial charge in [0.15, 0.2) is 0 Å². The van der Waals surface area contributed by atoms with Crippen LogP contribution in [0.2, 0.25) is 0 Å². The van der Waals surface area contributed by atoms with Crippen LogP contribution in [0.15, 0.2) is 18.2 Å². The van der Waals surface area contributed by atoms with Gasteiger partial charge in [0.2, 0.25) is 17.7 Å². The number of hydrogen-bond acceptors (Lipinski definition) is 3. The van der Waals surface area contributed by atoms with Crippen molar-refractivity contribution in [2.75, 3.05) is 11.4 Å². The summed E-state index contributed by atoms with van der Waals surface area (Å²) in [7, 11) is 0. The van der Waals surface area contributed by atoms with Gasteiger partial charge in [-0.25, -0.2) is 4.39 Å². The fraction of sp³-hybridized carbons (Fsp3) is 0.550. The Bertz CT molecular complexity index is 754. The molecule has 2 fully saturated rings. The summed E-state index contributed by atoms with van der Waals surface area (Å²) in [6, 6.07) is 4.38. The predicted molar refractivity (Wildman–Crippen MR) is 93.8 cm³/mol. The Morgan fingerprint density at radius 1 is 1.12 bits per heavy atom. The topological polar surface area (TPSA) is 57.7 Å². The highest BCUT2D eigenvalue weighted by molar-refractivity contribution is 6.09. The smallest absolute Gasteiger partial charge is 0.247 e. The van der Waals surface area contributed by atoms with E-state index in [-0.39, 0.29) is 48.0 Å². The molecule has 4 rings (SSSR count). The zero-order valence-corrected chi connectivity index (χ0v) is 14.9. The summed E-state index contributed by atoms with van der Waals surface area (Å²) in [6.45, 7) is 1.73. The number of rotatable bonds is 2. The molecule has 6 heteroatoms. The third kappa shape index (κ3) is 2.72. The van der Waals surface area contributed by atoms with Crippen molar-refractivity contribution < 1.29 is 18.8 Å². The lowest BCUT2D eigenvalue weighted by molar-refractivity contribution is -0.143. The van der Waals surface area contributed by atoms with Crippen molar-refractivity contribution in [3.05, 3.63) is 29.6 Å². The Labute approximate surface area is 152 Å². The summed E-state index contributed by atoms with van der Waals surface area (Å²) in [4.78, 5) is 41.0. The average Bonchev–Trinajstić information content (AvgIpc) is 2.87. The number of hydrogen-bond donors (Lipinski definition) is 0. The molecular formula is C20H23FN2O3. The van der Waals surface area contributed by atoms with E-state index >= 15 is 0 Å². The number of aryl methyl sites for hydroxylation is 1. The fourth-order valence-electron chi connectivity index (χ4n) is 4.70. The molecule has 1 aromatic rings. The maximum Gasteiger partial charge on any atom is 0.247 e. The van der Waals surface area contributed by atoms with Crippen LogP contribution < -0.4 is 4.90 Å². The number of nitrogens with zero attached hydrogens (tertiary/aromatic N) is 2. The van der Waals surface area contributed by atoms with Crippen molar-refractivity contribution in [2.45, 2.75) is 51.5 Å². The van der Waals surface area contributed by atoms with E-state index < -0.39 is 0 Å². The molecule has 0 N–H and O–H groups in total. The van der Waals surface area contributed by atoms with E-state index in [1.807, 2.05) is 6.92 Å². The van der Waals surface area contributed by atoms with Crippen molar-refractivity contribution >= 4 is 23.4 Å². The Balaban J connectivity index is 1.57. The van der Waals surface area contributed by atoms with Crippen molar-refractivity contribution in [1.29, 1.82) is 0 Å². The first-order valence-corrected chi connectivity index (χ1v) is 9.43. The Hall–Kier alpha value is -2.24. The van der Waals surface area contributed by atoms with E-state index in [9.17, 15) is 18.8 Å². The summed E-state index contributed by atoms with van der Waals surface area (Å²) in [5.74, 6) is -1.48. The molecule has 1 aliphatic carbocycles. The number of imide groups is 1. The number of fused-ring (bicyclic) bond motifs is 2. The molecule has 0 unspecified atom stereocenters. The first-order valence-electron chi connectivity index (χ1n) is 9.43. The summed E-state index contributed by atoms with van der Waals surface area (Å²) in [6.07, 6.45) is 4.84. The largest absolute Gasteiger partial charge is 0.308 e. The minimum absolute atomic E-state index is 0.0458. The summed E-state index contributed by atoms with van der Waals surface area (Å²) in [5.41, 5.74) is 1.48. The molecule has 0 aromatic heterocycles. The molecule has 0 radical (unpaired) electrons. The third-order valence-corrected chi connectivity index (χ3v) is 6.07. The zero-order chi connectivity index (χ0) is 18.4. The van der Waals surface area contributed by atoms with Crippen LogP contribution in [0.3, 0.4) is 0 Å². The predicted octanol–water partition coefficient (Wildman–Crippen LogP) is 2.67. The van der Waals surface area contributed by atoms with Gasteiger partial charge >= 0.3 is 0 Å². The lowest BCUT2D eigenvalue weighted by Crippen LogP contribution is -2.48. The first-order chi connectivity index (χ1) is 12.5. The van der Waals surface area contributed by atoms with Gasteiger partial charge in [0.1, 0.15) is 12.4 Å². The van der Waals surface area contributed by atoms with E-state index in [0.29, 0.717) is 12.1 Å². The van der Waals surface area contributed by atoms with Crippen molar-refractivity contribution in [3.8, 4) is 0 Å². The van der Waals surface area contributed by atoms with Gasteiger partial charge in [0.05, 0.1) is 11.8 Å². The minimum Gasteiger partial charge on any atom is -0.308 e. The second-order valence-electron chi connectivity index (χ2n) is 7.68. The van der Waals surface area contributed by atoms with Crippen LogP contribution in [0.5, 0.6) is 0 Å². The second kappa shape index (κ2) is 6.49. The number of benzene rings is 1. The molecule has 3 amide bonds. The van der Waals surface area contributed by atoms with E-state index in [2.05, 4.69) is 0 Å². The van der Waals surface area contributed by atoms with Gasteiger partial charge in [0, 0.05) is 11.7 Å². The summed E-state index contributed by atoms with van der Waals surface area (Å²) < 4.78 is 13.5. The number of likely N-dealkylation sites (tertiary alicyclic amines) is 1. The van der Waals surface area contributed by atoms with Gasteiger partial charge < -0.3 is 4.90 Å². The molecule has 1 saturated carbocycles. The molecule has 138 valence electrons. The molecular weight excluding hydrogens is 335 g/mol. The van der Waals surface area contributed by atoms with E-state index in [1.165, 1.54) is 12.1 Å². The molecule has 2 heterocycles. The number of anilines is 1. The van der Waals surface area contributed by atoms with Gasteiger partial charge in [-0.15, -0.1) is 0 Å². The molecule has 0 bridgehead atoms. The standard InChI is InChI=1S/C20H23FN2O3/c1-12-6-7-13-10-14(21)8-9-17(13)23(12)18(24)11-22-19(25)15-4-2-3-5-16(15)20(22)26/h8-10,12,15-16H,2-7,11H2,1H3/t12-,15-,16-/m1/s1. The van der Waals surface area contributed by atoms with E-state index in [0.717, 1.165) is 42.6 Å². The lowest BCUT2D eigenvalue weighted by Gasteiger charge is -2.36. The summed E-state index contributed by atoms with van der Waals surface area (Å²) in [5, 5.41) is 0. The molecule has 0 spiro atoms. The molecule has 26 heavy (non-hydrogen) atoms. The van der Waals surface area contributed by atoms with Crippen molar-refractivity contribution in [2.24, 2.45) is 11.8 Å². The van der Waals surface area contributed by atoms with E-state index in [4.69, 9.17) is 0 Å². The van der Waals surface area contributed by atoms with Crippen LogP contribution in [-0.2, 0) is 20.8 Å². The summed E-state index contributed by atoms with van der Waals surface area (Å²) >= 11 is 0. The molecule has 2 aliphatic heterocycles. The van der Waals surface area contributed by atoms with Crippen molar-refractivity contribution in [1.82, 2.24) is 4.90 Å². The van der Waals surface area contributed by atoms with Crippen LogP contribution in [0, 0.1) is 17.7 Å². The number of amides is 3. The Morgan fingerprint density at radius 3 is 2.42 bits per heavy atom. The number of carbonyl (C=O) groups is 3. The minimum atomic E-state index is -0.320. The lowest BCUT2D eigenvalue weighted by atomic mass is 9.81. The highest BCUT2D eigenvalue weighted by Crippen LogP contribution is 2.38.